The van der Waals surface area contributed by atoms with E-state index in [2.05, 4.69) is 15.3 Å². The van der Waals surface area contributed by atoms with Gasteiger partial charge in [-0.05, 0) is 24.6 Å². The Balaban J connectivity index is 2.45. The van der Waals surface area contributed by atoms with E-state index in [9.17, 15) is 14.4 Å². The molecular formula is C15H15N5O3. The maximum atomic E-state index is 12.2. The molecule has 0 spiro atoms. The lowest BCUT2D eigenvalue weighted by Crippen LogP contribution is -2.36. The van der Waals surface area contributed by atoms with E-state index < -0.39 is 11.2 Å². The molecule has 0 saturated carbocycles. The van der Waals surface area contributed by atoms with E-state index in [4.69, 9.17) is 0 Å². The van der Waals surface area contributed by atoms with Crippen molar-refractivity contribution in [3.63, 3.8) is 0 Å². The van der Waals surface area contributed by atoms with Crippen molar-refractivity contribution in [3.8, 4) is 11.5 Å². The summed E-state index contributed by atoms with van der Waals surface area (Å²) in [5.41, 5.74) is 1.73. The summed E-state index contributed by atoms with van der Waals surface area (Å²) >= 11 is 0. The van der Waals surface area contributed by atoms with Crippen LogP contribution in [0.25, 0.3) is 22.6 Å². The first-order chi connectivity index (χ1) is 10.8. The molecule has 3 rings (SSSR count). The fourth-order valence-electron chi connectivity index (χ4n) is 2.49. The Bertz CT molecular complexity index is 1050. The first kappa shape index (κ1) is 14.9. The van der Waals surface area contributed by atoms with Gasteiger partial charge in [0, 0.05) is 26.7 Å². The molecule has 0 aromatic heterocycles. The molecule has 2 aliphatic heterocycles. The maximum absolute atomic E-state index is 12.2. The van der Waals surface area contributed by atoms with Crippen LogP contribution in [0.3, 0.4) is 0 Å². The van der Waals surface area contributed by atoms with Crippen LogP contribution >= 0.6 is 0 Å². The Labute approximate surface area is 130 Å². The lowest BCUT2D eigenvalue weighted by atomic mass is 10.1. The van der Waals surface area contributed by atoms with Crippen molar-refractivity contribution < 1.29 is 4.79 Å². The Morgan fingerprint density at radius 2 is 1.83 bits per heavy atom. The van der Waals surface area contributed by atoms with Crippen LogP contribution in [-0.4, -0.2) is 25.0 Å². The van der Waals surface area contributed by atoms with Gasteiger partial charge in [0.05, 0.1) is 11.0 Å². The van der Waals surface area contributed by atoms with Gasteiger partial charge in [-0.25, -0.2) is 9.78 Å². The first-order valence-electron chi connectivity index (χ1n) is 6.95. The van der Waals surface area contributed by atoms with Crippen molar-refractivity contribution in [2.24, 2.45) is 14.1 Å². The molecule has 0 radical (unpaired) electrons. The Hall–Kier alpha value is -3.03. The molecule has 1 N–H and O–H groups in total. The van der Waals surface area contributed by atoms with Crippen molar-refractivity contribution in [1.82, 2.24) is 19.1 Å². The number of hydrogen-bond acceptors (Lipinski definition) is 5. The van der Waals surface area contributed by atoms with Crippen molar-refractivity contribution >= 4 is 22.6 Å². The highest BCUT2D eigenvalue weighted by Crippen LogP contribution is 2.25. The van der Waals surface area contributed by atoms with Gasteiger partial charge in [0.15, 0.2) is 11.5 Å². The van der Waals surface area contributed by atoms with Crippen LogP contribution < -0.4 is 16.6 Å². The van der Waals surface area contributed by atoms with Gasteiger partial charge in [-0.2, -0.15) is 4.98 Å². The standard InChI is InChI=1S/C15H15N5O3/c1-7-5-10-11(6-9(7)16-8(2)21)19(3)13-12(17-10)14(22)20(4)15(23)18-13/h5-6H,1-4H3,(H,16,21). The van der Waals surface area contributed by atoms with Gasteiger partial charge in [0.1, 0.15) is 0 Å². The average molecular weight is 313 g/mol. The molecule has 8 heteroatoms. The lowest BCUT2D eigenvalue weighted by Gasteiger charge is -2.15. The van der Waals surface area contributed by atoms with Crippen LogP contribution in [0.15, 0.2) is 21.7 Å². The molecular weight excluding hydrogens is 298 g/mol. The number of nitrogens with one attached hydrogen (secondary N) is 1. The number of aromatic nitrogens is 4. The smallest absolute Gasteiger partial charge is 0.326 e. The van der Waals surface area contributed by atoms with Gasteiger partial charge < -0.3 is 9.88 Å². The summed E-state index contributed by atoms with van der Waals surface area (Å²) in [6, 6.07) is 3.53. The minimum absolute atomic E-state index is 0.133. The van der Waals surface area contributed by atoms with Gasteiger partial charge in [0.25, 0.3) is 5.56 Å². The quantitative estimate of drug-likeness (QED) is 0.656. The molecule has 0 saturated heterocycles. The maximum Gasteiger partial charge on any atom is 0.352 e. The zero-order valence-electron chi connectivity index (χ0n) is 13.2. The number of carbonyl (C=O) groups is 1. The minimum atomic E-state index is -0.631. The minimum Gasteiger partial charge on any atom is -0.326 e. The average Bonchev–Trinajstić information content (AvgIpc) is 2.48. The second-order valence-electron chi connectivity index (χ2n) is 5.44. The number of nitrogens with zero attached hydrogens (tertiary/aromatic N) is 4. The molecule has 23 heavy (non-hydrogen) atoms. The fourth-order valence-corrected chi connectivity index (χ4v) is 2.49. The van der Waals surface area contributed by atoms with Crippen LogP contribution in [0.4, 0.5) is 5.69 Å². The number of hydrogen-bond donors (Lipinski definition) is 1. The van der Waals surface area contributed by atoms with Crippen molar-refractivity contribution in [2.75, 3.05) is 5.32 Å². The molecule has 0 atom stereocenters. The normalized spacial score (nSPS) is 11.1. The van der Waals surface area contributed by atoms with E-state index in [1.807, 2.05) is 6.92 Å². The highest BCUT2D eigenvalue weighted by molar-refractivity contribution is 5.93. The summed E-state index contributed by atoms with van der Waals surface area (Å²) < 4.78 is 2.56. The van der Waals surface area contributed by atoms with Crippen molar-refractivity contribution in [2.45, 2.75) is 13.8 Å². The number of amides is 1. The molecule has 1 aromatic carbocycles. The lowest BCUT2D eigenvalue weighted by molar-refractivity contribution is -0.114. The number of benzene rings is 1. The molecule has 118 valence electrons. The van der Waals surface area contributed by atoms with Gasteiger partial charge in [0.2, 0.25) is 5.91 Å². The third kappa shape index (κ3) is 2.28. The van der Waals surface area contributed by atoms with E-state index in [0.29, 0.717) is 16.7 Å². The number of aryl methyl sites for hydroxylation is 2. The van der Waals surface area contributed by atoms with E-state index >= 15 is 0 Å². The van der Waals surface area contributed by atoms with Crippen LogP contribution in [0.1, 0.15) is 12.5 Å². The zero-order valence-corrected chi connectivity index (χ0v) is 13.2. The number of rotatable bonds is 1. The summed E-state index contributed by atoms with van der Waals surface area (Å²) in [5.74, 6) is 0.0286. The summed E-state index contributed by atoms with van der Waals surface area (Å²) in [5, 5.41) is 2.74. The van der Waals surface area contributed by atoms with Crippen LogP contribution in [0, 0.1) is 6.92 Å². The zero-order chi connectivity index (χ0) is 16.9. The number of anilines is 1. The highest BCUT2D eigenvalue weighted by Gasteiger charge is 2.19. The molecule has 0 bridgehead atoms. The number of fused-ring (bicyclic) bond motifs is 2. The summed E-state index contributed by atoms with van der Waals surface area (Å²) in [6.45, 7) is 3.27. The van der Waals surface area contributed by atoms with Crippen LogP contribution in [0.2, 0.25) is 0 Å². The van der Waals surface area contributed by atoms with Gasteiger partial charge >= 0.3 is 5.69 Å². The second kappa shape index (κ2) is 5.01. The molecule has 0 aliphatic carbocycles. The second-order valence-corrected chi connectivity index (χ2v) is 5.44. The molecule has 0 fully saturated rings. The topological polar surface area (TPSA) is 98.9 Å². The number of carbonyl (C=O) groups excluding carboxylic acids is 1. The first-order valence-corrected chi connectivity index (χ1v) is 6.95. The monoisotopic (exact) mass is 313 g/mol. The van der Waals surface area contributed by atoms with Gasteiger partial charge in [-0.3, -0.25) is 14.2 Å². The van der Waals surface area contributed by atoms with E-state index in [0.717, 1.165) is 10.1 Å². The molecule has 1 amide bonds. The summed E-state index contributed by atoms with van der Waals surface area (Å²) in [4.78, 5) is 43.6. The third-order valence-electron chi connectivity index (χ3n) is 3.75. The SMILES string of the molecule is CC(=O)Nc1cc2c(cc1C)nc1c(=O)n(C)c(=O)nc-1n2C. The molecule has 0 unspecified atom stereocenters. The van der Waals surface area contributed by atoms with Crippen molar-refractivity contribution in [3.05, 3.63) is 38.5 Å². The van der Waals surface area contributed by atoms with Gasteiger partial charge in [-0.15, -0.1) is 0 Å². The van der Waals surface area contributed by atoms with E-state index in [1.165, 1.54) is 14.0 Å². The van der Waals surface area contributed by atoms with Crippen LogP contribution in [-0.2, 0) is 18.9 Å². The Morgan fingerprint density at radius 3 is 2.48 bits per heavy atom. The predicted molar refractivity (Wildman–Crippen MR) is 85.7 cm³/mol. The summed E-state index contributed by atoms with van der Waals surface area (Å²) in [7, 11) is 3.07. The highest BCUT2D eigenvalue weighted by atomic mass is 16.2. The van der Waals surface area contributed by atoms with Crippen LogP contribution in [0.5, 0.6) is 0 Å². The molecule has 1 aromatic rings. The molecule has 2 aliphatic rings. The Morgan fingerprint density at radius 1 is 1.13 bits per heavy atom. The largest absolute Gasteiger partial charge is 0.352 e. The van der Waals surface area contributed by atoms with E-state index in [-0.39, 0.29) is 17.4 Å². The van der Waals surface area contributed by atoms with Gasteiger partial charge in [-0.1, -0.05) is 0 Å². The third-order valence-corrected chi connectivity index (χ3v) is 3.75. The molecule has 2 heterocycles. The summed E-state index contributed by atoms with van der Waals surface area (Å²) in [6.07, 6.45) is 0. The Kier molecular flexibility index (Phi) is 3.24. The molecule has 8 nitrogen and oxygen atoms in total. The predicted octanol–water partition coefficient (Wildman–Crippen LogP) is 0.399. The van der Waals surface area contributed by atoms with E-state index in [1.54, 1.807) is 23.7 Å². The van der Waals surface area contributed by atoms with Crippen molar-refractivity contribution in [1.29, 1.82) is 0 Å². The fraction of sp³-hybridized carbons (Fsp3) is 0.267.